The second-order valence-electron chi connectivity index (χ2n) is 9.07. The lowest BCUT2D eigenvalue weighted by Crippen LogP contribution is -2.30. The number of phenols is 1. The lowest BCUT2D eigenvalue weighted by Gasteiger charge is -2.24. The molecule has 0 aliphatic carbocycles. The molecule has 2 heterocycles. The molecule has 0 saturated carbocycles. The fraction of sp³-hybridized carbons (Fsp3) is 0.207. The number of para-hydroxylation sites is 2. The average Bonchev–Trinajstić information content (AvgIpc) is 3.43. The maximum atomic E-state index is 13.6. The Hall–Kier alpha value is -4.79. The third-order valence-electron chi connectivity index (χ3n) is 6.53. The summed E-state index contributed by atoms with van der Waals surface area (Å²) in [6.45, 7) is 5.77. The maximum Gasteiger partial charge on any atom is 0.302 e. The molecule has 194 valence electrons. The van der Waals surface area contributed by atoms with Crippen molar-refractivity contribution in [3.05, 3.63) is 82.4 Å². The van der Waals surface area contributed by atoms with E-state index in [0.717, 1.165) is 11.1 Å². The maximum absolute atomic E-state index is 13.6. The number of aromatic amines is 1. The van der Waals surface area contributed by atoms with Crippen molar-refractivity contribution in [3.63, 3.8) is 0 Å². The molecule has 1 atom stereocenters. The van der Waals surface area contributed by atoms with Crippen LogP contribution in [-0.4, -0.2) is 45.6 Å². The zero-order valence-electron chi connectivity index (χ0n) is 21.4. The molecule has 1 saturated heterocycles. The lowest BCUT2D eigenvalue weighted by atomic mass is 9.93. The van der Waals surface area contributed by atoms with Crippen LogP contribution >= 0.6 is 0 Å². The number of phenolic OH excluding ortho intramolecular Hbond substituents is 1. The lowest BCUT2D eigenvalue weighted by molar-refractivity contribution is -0.132. The quantitative estimate of drug-likeness (QED) is 0.190. The SMILES string of the molecule is CCOc1cc(C2/C(=C(\O)c3cc(C)cc(C)c3OC)C(=O)C(=O)N2c2nc3ccccc3[nH]2)ccc1O. The number of methoxy groups -OCH3 is 1. The largest absolute Gasteiger partial charge is 0.507 e. The van der Waals surface area contributed by atoms with E-state index in [-0.39, 0.29) is 28.8 Å². The molecule has 1 aromatic heterocycles. The van der Waals surface area contributed by atoms with Crippen LogP contribution in [0, 0.1) is 13.8 Å². The van der Waals surface area contributed by atoms with Crippen molar-refractivity contribution in [1.82, 2.24) is 9.97 Å². The molecule has 1 unspecified atom stereocenters. The van der Waals surface area contributed by atoms with Crippen molar-refractivity contribution in [3.8, 4) is 17.2 Å². The summed E-state index contributed by atoms with van der Waals surface area (Å²) < 4.78 is 11.1. The number of aliphatic hydroxyl groups excluding tert-OH is 1. The predicted octanol–water partition coefficient (Wildman–Crippen LogP) is 4.92. The van der Waals surface area contributed by atoms with Crippen LogP contribution in [-0.2, 0) is 9.59 Å². The molecule has 3 N–H and O–H groups in total. The Morgan fingerprint density at radius 1 is 1.11 bits per heavy atom. The van der Waals surface area contributed by atoms with Gasteiger partial charge in [-0.3, -0.25) is 14.5 Å². The molecule has 1 fully saturated rings. The normalized spacial score (nSPS) is 16.8. The summed E-state index contributed by atoms with van der Waals surface area (Å²) in [5, 5.41) is 21.9. The van der Waals surface area contributed by atoms with Crippen LogP contribution in [0.2, 0.25) is 0 Å². The Kier molecular flexibility index (Phi) is 6.28. The van der Waals surface area contributed by atoms with E-state index in [1.807, 2.05) is 38.1 Å². The van der Waals surface area contributed by atoms with Crippen molar-refractivity contribution in [1.29, 1.82) is 0 Å². The van der Waals surface area contributed by atoms with Gasteiger partial charge >= 0.3 is 5.91 Å². The first kappa shape index (κ1) is 24.9. The molecule has 3 aromatic carbocycles. The summed E-state index contributed by atoms with van der Waals surface area (Å²) in [6.07, 6.45) is 0. The number of nitrogens with one attached hydrogen (secondary N) is 1. The van der Waals surface area contributed by atoms with Gasteiger partial charge in [-0.15, -0.1) is 0 Å². The monoisotopic (exact) mass is 513 g/mol. The summed E-state index contributed by atoms with van der Waals surface area (Å²) >= 11 is 0. The van der Waals surface area contributed by atoms with Gasteiger partial charge in [0.15, 0.2) is 11.5 Å². The van der Waals surface area contributed by atoms with Crippen LogP contribution in [0.5, 0.6) is 17.2 Å². The van der Waals surface area contributed by atoms with Gasteiger partial charge in [0.1, 0.15) is 11.5 Å². The number of ketones is 1. The molecule has 1 aliphatic heterocycles. The number of aryl methyl sites for hydroxylation is 2. The van der Waals surface area contributed by atoms with Gasteiger partial charge in [-0.2, -0.15) is 0 Å². The van der Waals surface area contributed by atoms with Crippen LogP contribution in [0.4, 0.5) is 5.95 Å². The van der Waals surface area contributed by atoms with Crippen molar-refractivity contribution in [2.24, 2.45) is 0 Å². The van der Waals surface area contributed by atoms with Crippen molar-refractivity contribution >= 4 is 34.4 Å². The third-order valence-corrected chi connectivity index (χ3v) is 6.53. The highest BCUT2D eigenvalue weighted by atomic mass is 16.5. The van der Waals surface area contributed by atoms with Crippen LogP contribution in [0.3, 0.4) is 0 Å². The zero-order valence-corrected chi connectivity index (χ0v) is 21.4. The van der Waals surface area contributed by atoms with E-state index in [9.17, 15) is 19.8 Å². The van der Waals surface area contributed by atoms with Gasteiger partial charge in [-0.05, 0) is 67.8 Å². The molecule has 1 amide bonds. The Labute approximate surface area is 219 Å². The Balaban J connectivity index is 1.79. The molecular formula is C29H27N3O6. The van der Waals surface area contributed by atoms with Gasteiger partial charge in [0.2, 0.25) is 5.95 Å². The topological polar surface area (TPSA) is 125 Å². The van der Waals surface area contributed by atoms with Gasteiger partial charge in [0.25, 0.3) is 5.78 Å². The first-order valence-electron chi connectivity index (χ1n) is 12.1. The molecule has 9 nitrogen and oxygen atoms in total. The van der Waals surface area contributed by atoms with E-state index in [1.165, 1.54) is 18.1 Å². The molecule has 0 radical (unpaired) electrons. The fourth-order valence-corrected chi connectivity index (χ4v) is 4.94. The molecule has 0 spiro atoms. The number of benzene rings is 3. The number of aliphatic hydroxyl groups is 1. The van der Waals surface area contributed by atoms with Crippen LogP contribution in [0.1, 0.15) is 35.2 Å². The highest BCUT2D eigenvalue weighted by Crippen LogP contribution is 2.45. The van der Waals surface area contributed by atoms with E-state index in [2.05, 4.69) is 9.97 Å². The highest BCUT2D eigenvalue weighted by molar-refractivity contribution is 6.51. The number of carbonyl (C=O) groups excluding carboxylic acids is 2. The number of carbonyl (C=O) groups is 2. The summed E-state index contributed by atoms with van der Waals surface area (Å²) in [6, 6.07) is 14.3. The second-order valence-corrected chi connectivity index (χ2v) is 9.07. The molecule has 0 bridgehead atoms. The van der Waals surface area contributed by atoms with Crippen LogP contribution in [0.15, 0.2) is 60.2 Å². The molecule has 5 rings (SSSR count). The van der Waals surface area contributed by atoms with Gasteiger partial charge in [-0.1, -0.05) is 24.3 Å². The number of aromatic hydroxyl groups is 1. The van der Waals surface area contributed by atoms with Gasteiger partial charge in [0.05, 0.1) is 41.9 Å². The smallest absolute Gasteiger partial charge is 0.302 e. The fourth-order valence-electron chi connectivity index (χ4n) is 4.94. The number of anilines is 1. The molecule has 4 aromatic rings. The first-order chi connectivity index (χ1) is 18.2. The van der Waals surface area contributed by atoms with E-state index >= 15 is 0 Å². The molecule has 9 heteroatoms. The number of aromatic nitrogens is 2. The standard InChI is InChI=1S/C29H27N3O6/c1-5-38-22-14-17(10-11-21(22)33)24-23(25(34)18-13-15(2)12-16(3)27(18)37-4)26(35)28(36)32(24)29-30-19-8-6-7-9-20(19)31-29/h6-14,24,33-34H,5H2,1-4H3,(H,30,31)/b25-23+. The van der Waals surface area contributed by atoms with Crippen LogP contribution in [0.25, 0.3) is 16.8 Å². The number of Topliss-reactive ketones (excluding diaryl/α,β-unsaturated/α-hetero) is 1. The van der Waals surface area contributed by atoms with Gasteiger partial charge in [-0.25, -0.2) is 4.98 Å². The first-order valence-corrected chi connectivity index (χ1v) is 12.1. The van der Waals surface area contributed by atoms with Gasteiger partial charge < -0.3 is 24.7 Å². The Morgan fingerprint density at radius 3 is 2.58 bits per heavy atom. The minimum atomic E-state index is -1.07. The number of amides is 1. The molecule has 38 heavy (non-hydrogen) atoms. The molecule has 1 aliphatic rings. The number of fused-ring (bicyclic) bond motifs is 1. The summed E-state index contributed by atoms with van der Waals surface area (Å²) in [4.78, 5) is 36.0. The van der Waals surface area contributed by atoms with Crippen molar-refractivity contribution < 1.29 is 29.3 Å². The third kappa shape index (κ3) is 4.02. The van der Waals surface area contributed by atoms with Crippen molar-refractivity contribution in [2.75, 3.05) is 18.6 Å². The Morgan fingerprint density at radius 2 is 1.87 bits per heavy atom. The number of rotatable bonds is 6. The number of ether oxygens (including phenoxy) is 2. The van der Waals surface area contributed by atoms with Gasteiger partial charge in [0, 0.05) is 0 Å². The minimum absolute atomic E-state index is 0.0905. The van der Waals surface area contributed by atoms with E-state index in [4.69, 9.17) is 9.47 Å². The number of hydrogen-bond donors (Lipinski definition) is 3. The molecular weight excluding hydrogens is 486 g/mol. The average molecular weight is 514 g/mol. The number of H-pyrrole nitrogens is 1. The predicted molar refractivity (Wildman–Crippen MR) is 143 cm³/mol. The number of imidazole rings is 1. The number of nitrogens with zero attached hydrogens (tertiary/aromatic N) is 2. The summed E-state index contributed by atoms with van der Waals surface area (Å²) in [5.41, 5.74) is 3.50. The van der Waals surface area contributed by atoms with Crippen molar-refractivity contribution in [2.45, 2.75) is 26.8 Å². The minimum Gasteiger partial charge on any atom is -0.507 e. The van der Waals surface area contributed by atoms with E-state index < -0.39 is 17.7 Å². The Bertz CT molecular complexity index is 1590. The van der Waals surface area contributed by atoms with Crippen LogP contribution < -0.4 is 14.4 Å². The number of hydrogen-bond acceptors (Lipinski definition) is 7. The van der Waals surface area contributed by atoms with E-state index in [1.54, 1.807) is 31.2 Å². The highest BCUT2D eigenvalue weighted by Gasteiger charge is 2.48. The van der Waals surface area contributed by atoms with E-state index in [0.29, 0.717) is 34.5 Å². The summed E-state index contributed by atoms with van der Waals surface area (Å²) in [7, 11) is 1.48. The summed E-state index contributed by atoms with van der Waals surface area (Å²) in [5.74, 6) is -1.47. The second kappa shape index (κ2) is 9.59. The zero-order chi connectivity index (χ0) is 27.1.